The standard InChI is InChI=1S/C9H8FN3/c1-7-3-5-13(12-7)9-2-4-11-6-8(9)10/h2-6H,1H3. The number of hydrogen-bond acceptors (Lipinski definition) is 2. The molecule has 0 atom stereocenters. The van der Waals surface area contributed by atoms with Gasteiger partial charge < -0.3 is 0 Å². The predicted octanol–water partition coefficient (Wildman–Crippen LogP) is 1.71. The van der Waals surface area contributed by atoms with Crippen LogP contribution in [0.15, 0.2) is 30.7 Å². The minimum Gasteiger partial charge on any atom is -0.262 e. The van der Waals surface area contributed by atoms with Gasteiger partial charge in [-0.05, 0) is 19.1 Å². The molecule has 2 aromatic rings. The van der Waals surface area contributed by atoms with E-state index in [-0.39, 0.29) is 5.82 Å². The summed E-state index contributed by atoms with van der Waals surface area (Å²) >= 11 is 0. The van der Waals surface area contributed by atoms with E-state index in [1.807, 2.05) is 13.0 Å². The first-order chi connectivity index (χ1) is 6.27. The van der Waals surface area contributed by atoms with Gasteiger partial charge in [0.05, 0.1) is 11.9 Å². The number of rotatable bonds is 1. The Balaban J connectivity index is 2.52. The number of nitrogens with zero attached hydrogens (tertiary/aromatic N) is 3. The largest absolute Gasteiger partial charge is 0.262 e. The molecule has 0 amide bonds. The van der Waals surface area contributed by atoms with Crippen LogP contribution in [0.4, 0.5) is 4.39 Å². The molecule has 0 spiro atoms. The molecule has 2 aromatic heterocycles. The first kappa shape index (κ1) is 7.91. The zero-order valence-electron chi connectivity index (χ0n) is 7.11. The average molecular weight is 177 g/mol. The van der Waals surface area contributed by atoms with Crippen molar-refractivity contribution in [1.29, 1.82) is 0 Å². The molecule has 4 heteroatoms. The van der Waals surface area contributed by atoms with Gasteiger partial charge in [-0.3, -0.25) is 4.98 Å². The summed E-state index contributed by atoms with van der Waals surface area (Å²) in [6, 6.07) is 3.40. The van der Waals surface area contributed by atoms with Crippen LogP contribution in [0.2, 0.25) is 0 Å². The number of hydrogen-bond donors (Lipinski definition) is 0. The molecule has 13 heavy (non-hydrogen) atoms. The third kappa shape index (κ3) is 1.42. The van der Waals surface area contributed by atoms with Crippen LogP contribution in [0.5, 0.6) is 0 Å². The van der Waals surface area contributed by atoms with Crippen LogP contribution in [0.25, 0.3) is 5.69 Å². The van der Waals surface area contributed by atoms with Crippen molar-refractivity contribution >= 4 is 0 Å². The minimum absolute atomic E-state index is 0.370. The van der Waals surface area contributed by atoms with E-state index in [2.05, 4.69) is 10.1 Å². The molecule has 0 aromatic carbocycles. The summed E-state index contributed by atoms with van der Waals surface area (Å²) in [7, 11) is 0. The molecule has 0 saturated heterocycles. The van der Waals surface area contributed by atoms with Crippen molar-refractivity contribution in [2.45, 2.75) is 6.92 Å². The predicted molar refractivity (Wildman–Crippen MR) is 46.1 cm³/mol. The fourth-order valence-electron chi connectivity index (χ4n) is 1.10. The third-order valence-electron chi connectivity index (χ3n) is 1.72. The lowest BCUT2D eigenvalue weighted by atomic mass is 10.4. The van der Waals surface area contributed by atoms with Crippen molar-refractivity contribution in [2.24, 2.45) is 0 Å². The fraction of sp³-hybridized carbons (Fsp3) is 0.111. The summed E-state index contributed by atoms with van der Waals surface area (Å²) in [6.45, 7) is 1.86. The highest BCUT2D eigenvalue weighted by Gasteiger charge is 2.03. The van der Waals surface area contributed by atoms with Crippen molar-refractivity contribution in [3.63, 3.8) is 0 Å². The number of aryl methyl sites for hydroxylation is 1. The first-order valence-corrected chi connectivity index (χ1v) is 3.89. The Labute approximate surface area is 74.8 Å². The molecule has 0 radical (unpaired) electrons. The van der Waals surface area contributed by atoms with Crippen LogP contribution < -0.4 is 0 Å². The smallest absolute Gasteiger partial charge is 0.167 e. The average Bonchev–Trinajstić information content (AvgIpc) is 2.53. The lowest BCUT2D eigenvalue weighted by molar-refractivity contribution is 0.604. The van der Waals surface area contributed by atoms with E-state index < -0.39 is 0 Å². The van der Waals surface area contributed by atoms with E-state index in [0.717, 1.165) is 5.69 Å². The maximum atomic E-state index is 13.2. The number of aromatic nitrogens is 3. The lowest BCUT2D eigenvalue weighted by Crippen LogP contribution is -1.98. The quantitative estimate of drug-likeness (QED) is 0.664. The van der Waals surface area contributed by atoms with E-state index in [4.69, 9.17) is 0 Å². The van der Waals surface area contributed by atoms with Gasteiger partial charge in [0, 0.05) is 12.4 Å². The molecule has 0 aliphatic heterocycles. The number of halogens is 1. The van der Waals surface area contributed by atoms with Crippen molar-refractivity contribution in [3.05, 3.63) is 42.2 Å². The summed E-state index contributed by atoms with van der Waals surface area (Å²) in [5, 5.41) is 4.09. The van der Waals surface area contributed by atoms with Gasteiger partial charge in [0.1, 0.15) is 5.69 Å². The summed E-state index contributed by atoms with van der Waals surface area (Å²) < 4.78 is 14.7. The Hall–Kier alpha value is -1.71. The van der Waals surface area contributed by atoms with Crippen LogP contribution >= 0.6 is 0 Å². The lowest BCUT2D eigenvalue weighted by Gasteiger charge is -2.00. The molecule has 0 aliphatic carbocycles. The van der Waals surface area contributed by atoms with Crippen molar-refractivity contribution in [2.75, 3.05) is 0 Å². The Kier molecular flexibility index (Phi) is 1.81. The van der Waals surface area contributed by atoms with Gasteiger partial charge >= 0.3 is 0 Å². The summed E-state index contributed by atoms with van der Waals surface area (Å²) in [5.41, 5.74) is 1.28. The van der Waals surface area contributed by atoms with Crippen molar-refractivity contribution < 1.29 is 4.39 Å². The van der Waals surface area contributed by atoms with Gasteiger partial charge in [-0.15, -0.1) is 0 Å². The maximum Gasteiger partial charge on any atom is 0.167 e. The molecule has 0 unspecified atom stereocenters. The molecule has 0 fully saturated rings. The fourth-order valence-corrected chi connectivity index (χ4v) is 1.10. The number of pyridine rings is 1. The summed E-state index contributed by atoms with van der Waals surface area (Å²) in [4.78, 5) is 3.66. The summed E-state index contributed by atoms with van der Waals surface area (Å²) in [5.74, 6) is -0.370. The van der Waals surface area contributed by atoms with Gasteiger partial charge in [0.25, 0.3) is 0 Å². The Morgan fingerprint density at radius 2 is 2.23 bits per heavy atom. The maximum absolute atomic E-state index is 13.2. The van der Waals surface area contributed by atoms with Crippen LogP contribution in [-0.2, 0) is 0 Å². The van der Waals surface area contributed by atoms with E-state index in [9.17, 15) is 4.39 Å². The monoisotopic (exact) mass is 177 g/mol. The second-order valence-electron chi connectivity index (χ2n) is 2.73. The Morgan fingerprint density at radius 1 is 1.38 bits per heavy atom. The zero-order chi connectivity index (χ0) is 9.26. The highest BCUT2D eigenvalue weighted by Crippen LogP contribution is 2.10. The molecule has 0 aliphatic rings. The molecule has 0 saturated carbocycles. The molecule has 3 nitrogen and oxygen atoms in total. The van der Waals surface area contributed by atoms with Gasteiger partial charge in [-0.1, -0.05) is 0 Å². The van der Waals surface area contributed by atoms with Crippen LogP contribution in [-0.4, -0.2) is 14.8 Å². The molecule has 2 heterocycles. The van der Waals surface area contributed by atoms with Gasteiger partial charge in [0.2, 0.25) is 0 Å². The first-order valence-electron chi connectivity index (χ1n) is 3.89. The molecule has 66 valence electrons. The van der Waals surface area contributed by atoms with E-state index in [1.165, 1.54) is 17.1 Å². The molecule has 0 N–H and O–H groups in total. The SMILES string of the molecule is Cc1ccn(-c2ccncc2F)n1. The second kappa shape index (κ2) is 2.97. The molecular weight excluding hydrogens is 169 g/mol. The third-order valence-corrected chi connectivity index (χ3v) is 1.72. The Bertz CT molecular complexity index is 422. The minimum atomic E-state index is -0.370. The molecular formula is C9H8FN3. The highest BCUT2D eigenvalue weighted by atomic mass is 19.1. The summed E-state index contributed by atoms with van der Waals surface area (Å²) in [6.07, 6.45) is 4.43. The van der Waals surface area contributed by atoms with Crippen LogP contribution in [0.1, 0.15) is 5.69 Å². The van der Waals surface area contributed by atoms with E-state index in [0.29, 0.717) is 5.69 Å². The van der Waals surface area contributed by atoms with Crippen molar-refractivity contribution in [3.8, 4) is 5.69 Å². The molecule has 2 rings (SSSR count). The van der Waals surface area contributed by atoms with Crippen LogP contribution in [0.3, 0.4) is 0 Å². The van der Waals surface area contributed by atoms with Crippen molar-refractivity contribution in [1.82, 2.24) is 14.8 Å². The molecule has 0 bridgehead atoms. The Morgan fingerprint density at radius 3 is 2.85 bits per heavy atom. The van der Waals surface area contributed by atoms with Gasteiger partial charge in [-0.25, -0.2) is 9.07 Å². The second-order valence-corrected chi connectivity index (χ2v) is 2.73. The van der Waals surface area contributed by atoms with E-state index in [1.54, 1.807) is 12.3 Å². The van der Waals surface area contributed by atoms with Gasteiger partial charge in [0.15, 0.2) is 5.82 Å². The normalized spacial score (nSPS) is 10.3. The topological polar surface area (TPSA) is 30.7 Å². The zero-order valence-corrected chi connectivity index (χ0v) is 7.11. The van der Waals surface area contributed by atoms with Gasteiger partial charge in [-0.2, -0.15) is 5.10 Å². The highest BCUT2D eigenvalue weighted by molar-refractivity contribution is 5.29. The van der Waals surface area contributed by atoms with E-state index >= 15 is 0 Å². The van der Waals surface area contributed by atoms with Crippen LogP contribution in [0, 0.1) is 12.7 Å².